The van der Waals surface area contributed by atoms with Gasteiger partial charge in [0.2, 0.25) is 5.60 Å². The molecule has 0 radical (unpaired) electrons. The maximum absolute atomic E-state index is 14.2. The van der Waals surface area contributed by atoms with Gasteiger partial charge in [0.05, 0.1) is 5.71 Å². The molecule has 114 valence electrons. The number of halogens is 3. The molecule has 0 bridgehead atoms. The molecule has 1 aliphatic heterocycles. The summed E-state index contributed by atoms with van der Waals surface area (Å²) in [6, 6.07) is 2.96. The van der Waals surface area contributed by atoms with Crippen LogP contribution in [-0.2, 0) is 9.63 Å². The van der Waals surface area contributed by atoms with E-state index < -0.39 is 23.2 Å². The van der Waals surface area contributed by atoms with Gasteiger partial charge in [0, 0.05) is 28.0 Å². The normalized spacial score (nSPS) is 20.8. The Hall–Kier alpha value is -2.09. The summed E-state index contributed by atoms with van der Waals surface area (Å²) in [5, 5.41) is 13.1. The van der Waals surface area contributed by atoms with Crippen LogP contribution >= 0.6 is 15.9 Å². The van der Waals surface area contributed by atoms with Crippen LogP contribution in [-0.4, -0.2) is 27.4 Å². The predicted octanol–water partition coefficient (Wildman–Crippen LogP) is 3.24. The number of carboxylic acid groups (broad SMARTS) is 1. The highest BCUT2D eigenvalue weighted by Crippen LogP contribution is 2.31. The van der Waals surface area contributed by atoms with Crippen molar-refractivity contribution in [3.8, 4) is 0 Å². The number of carbonyl (C=O) groups is 1. The standard InChI is InChI=1S/C14H9BrF2N2O3/c1-14(13(20)21)4-9(19-22-14)8-3-6-2-7(15)5-18-12(6)11(17)10(8)16/h2-3,5H,4H2,1H3,(H,20,21). The Labute approximate surface area is 131 Å². The van der Waals surface area contributed by atoms with Gasteiger partial charge in [-0.05, 0) is 35.0 Å². The lowest BCUT2D eigenvalue weighted by Gasteiger charge is -2.14. The molecule has 0 amide bonds. The largest absolute Gasteiger partial charge is 0.478 e. The van der Waals surface area contributed by atoms with Crippen molar-refractivity contribution in [3.63, 3.8) is 0 Å². The third kappa shape index (κ3) is 2.23. The highest BCUT2D eigenvalue weighted by molar-refractivity contribution is 9.10. The van der Waals surface area contributed by atoms with Crippen molar-refractivity contribution >= 4 is 38.5 Å². The molecule has 0 aliphatic carbocycles. The second-order valence-electron chi connectivity index (χ2n) is 5.12. The van der Waals surface area contributed by atoms with Gasteiger partial charge in [-0.15, -0.1) is 0 Å². The fourth-order valence-corrected chi connectivity index (χ4v) is 2.55. The van der Waals surface area contributed by atoms with Gasteiger partial charge in [-0.1, -0.05) is 5.16 Å². The Morgan fingerprint density at radius 2 is 2.14 bits per heavy atom. The monoisotopic (exact) mass is 370 g/mol. The number of carboxylic acids is 1. The first-order chi connectivity index (χ1) is 10.3. The zero-order valence-electron chi connectivity index (χ0n) is 11.2. The third-order valence-corrected chi connectivity index (χ3v) is 3.88. The van der Waals surface area contributed by atoms with Crippen molar-refractivity contribution in [2.75, 3.05) is 0 Å². The number of rotatable bonds is 2. The molecule has 5 nitrogen and oxygen atoms in total. The lowest BCUT2D eigenvalue weighted by molar-refractivity contribution is -0.160. The van der Waals surface area contributed by atoms with E-state index in [0.29, 0.717) is 9.86 Å². The van der Waals surface area contributed by atoms with Crippen LogP contribution < -0.4 is 0 Å². The van der Waals surface area contributed by atoms with Gasteiger partial charge in [-0.2, -0.15) is 0 Å². The van der Waals surface area contributed by atoms with Crippen LogP contribution in [0, 0.1) is 11.6 Å². The first-order valence-corrected chi connectivity index (χ1v) is 7.03. The fraction of sp³-hybridized carbons (Fsp3) is 0.214. The number of benzene rings is 1. The number of fused-ring (bicyclic) bond motifs is 1. The number of oxime groups is 1. The molecule has 3 rings (SSSR count). The molecule has 1 atom stereocenters. The molecule has 1 aliphatic rings. The maximum atomic E-state index is 14.2. The van der Waals surface area contributed by atoms with Crippen molar-refractivity contribution in [1.29, 1.82) is 0 Å². The van der Waals surface area contributed by atoms with Crippen molar-refractivity contribution in [1.82, 2.24) is 4.98 Å². The van der Waals surface area contributed by atoms with Crippen LogP contribution in [0.3, 0.4) is 0 Å². The summed E-state index contributed by atoms with van der Waals surface area (Å²) in [6.07, 6.45) is 1.20. The minimum Gasteiger partial charge on any atom is -0.478 e. The van der Waals surface area contributed by atoms with Crippen LogP contribution in [0.5, 0.6) is 0 Å². The molecule has 0 saturated heterocycles. The average Bonchev–Trinajstić information content (AvgIpc) is 2.86. The second-order valence-corrected chi connectivity index (χ2v) is 6.04. The lowest BCUT2D eigenvalue weighted by atomic mass is 9.95. The summed E-state index contributed by atoms with van der Waals surface area (Å²) >= 11 is 3.21. The van der Waals surface area contributed by atoms with Gasteiger partial charge in [0.1, 0.15) is 5.52 Å². The molecule has 0 spiro atoms. The van der Waals surface area contributed by atoms with E-state index in [-0.39, 0.29) is 23.2 Å². The summed E-state index contributed by atoms with van der Waals surface area (Å²) in [4.78, 5) is 19.8. The van der Waals surface area contributed by atoms with Crippen LogP contribution in [0.25, 0.3) is 10.9 Å². The van der Waals surface area contributed by atoms with Gasteiger partial charge in [-0.25, -0.2) is 13.6 Å². The molecule has 0 fully saturated rings. The SMILES string of the molecule is CC1(C(=O)O)CC(c2cc3cc(Br)cnc3c(F)c2F)=NO1. The van der Waals surface area contributed by atoms with E-state index in [1.807, 2.05) is 0 Å². The molecule has 8 heteroatoms. The first kappa shape index (κ1) is 14.8. The van der Waals surface area contributed by atoms with E-state index in [9.17, 15) is 13.6 Å². The van der Waals surface area contributed by atoms with E-state index in [1.165, 1.54) is 19.2 Å². The fourth-order valence-electron chi connectivity index (χ4n) is 2.20. The summed E-state index contributed by atoms with van der Waals surface area (Å²) < 4.78 is 29.0. The summed E-state index contributed by atoms with van der Waals surface area (Å²) in [5.41, 5.74) is -1.77. The molecule has 1 N–H and O–H groups in total. The Kier molecular flexibility index (Phi) is 3.36. The smallest absolute Gasteiger partial charge is 0.351 e. The average molecular weight is 371 g/mol. The highest BCUT2D eigenvalue weighted by Gasteiger charge is 2.43. The van der Waals surface area contributed by atoms with Crippen LogP contribution in [0.4, 0.5) is 8.78 Å². The van der Waals surface area contributed by atoms with Gasteiger partial charge in [-0.3, -0.25) is 4.98 Å². The van der Waals surface area contributed by atoms with E-state index in [1.54, 1.807) is 6.07 Å². The number of pyridine rings is 1. The quantitative estimate of drug-likeness (QED) is 0.880. The van der Waals surface area contributed by atoms with E-state index in [4.69, 9.17) is 9.94 Å². The maximum Gasteiger partial charge on any atom is 0.351 e. The minimum atomic E-state index is -1.58. The van der Waals surface area contributed by atoms with Crippen molar-refractivity contribution in [2.24, 2.45) is 5.16 Å². The van der Waals surface area contributed by atoms with Crippen LogP contribution in [0.1, 0.15) is 18.9 Å². The number of hydrogen-bond acceptors (Lipinski definition) is 4. The zero-order chi connectivity index (χ0) is 16.1. The Morgan fingerprint density at radius 3 is 2.77 bits per heavy atom. The lowest BCUT2D eigenvalue weighted by Crippen LogP contribution is -2.35. The van der Waals surface area contributed by atoms with Gasteiger partial charge >= 0.3 is 5.97 Å². The van der Waals surface area contributed by atoms with Gasteiger partial charge in [0.25, 0.3) is 0 Å². The number of hydrogen-bond donors (Lipinski definition) is 1. The molecule has 0 saturated carbocycles. The number of aliphatic carboxylic acids is 1. The molecule has 1 unspecified atom stereocenters. The van der Waals surface area contributed by atoms with Crippen molar-refractivity contribution in [2.45, 2.75) is 18.9 Å². The molecule has 2 aromatic rings. The Balaban J connectivity index is 2.13. The number of aromatic nitrogens is 1. The molecular weight excluding hydrogens is 362 g/mol. The Morgan fingerprint density at radius 1 is 1.41 bits per heavy atom. The van der Waals surface area contributed by atoms with Crippen molar-refractivity contribution < 1.29 is 23.5 Å². The molecule has 2 heterocycles. The van der Waals surface area contributed by atoms with E-state index in [2.05, 4.69) is 26.1 Å². The minimum absolute atomic E-state index is 0.0446. The molecular formula is C14H9BrF2N2O3. The predicted molar refractivity (Wildman–Crippen MR) is 77.6 cm³/mol. The van der Waals surface area contributed by atoms with Crippen molar-refractivity contribution in [3.05, 3.63) is 40.0 Å². The number of nitrogens with zero attached hydrogens (tertiary/aromatic N) is 2. The summed E-state index contributed by atoms with van der Waals surface area (Å²) in [7, 11) is 0. The van der Waals surface area contributed by atoms with Gasteiger partial charge < -0.3 is 9.94 Å². The molecule has 1 aromatic carbocycles. The summed E-state index contributed by atoms with van der Waals surface area (Å²) in [6.45, 7) is 1.32. The first-order valence-electron chi connectivity index (χ1n) is 6.24. The second kappa shape index (κ2) is 4.98. The van der Waals surface area contributed by atoms with Crippen LogP contribution in [0.15, 0.2) is 28.0 Å². The van der Waals surface area contributed by atoms with Crippen LogP contribution in [0.2, 0.25) is 0 Å². The molecule has 1 aromatic heterocycles. The highest BCUT2D eigenvalue weighted by atomic mass is 79.9. The van der Waals surface area contributed by atoms with Gasteiger partial charge in [0.15, 0.2) is 11.6 Å². The van der Waals surface area contributed by atoms with E-state index >= 15 is 0 Å². The third-order valence-electron chi connectivity index (χ3n) is 3.45. The van der Waals surface area contributed by atoms with E-state index in [0.717, 1.165) is 0 Å². The Bertz CT molecular complexity index is 840. The molecule has 22 heavy (non-hydrogen) atoms. The summed E-state index contributed by atoms with van der Waals surface area (Å²) in [5.74, 6) is -3.46. The zero-order valence-corrected chi connectivity index (χ0v) is 12.8. The topological polar surface area (TPSA) is 71.8 Å².